The topological polar surface area (TPSA) is 9.23 Å². The lowest BCUT2D eigenvalue weighted by Crippen LogP contribution is -1.98. The summed E-state index contributed by atoms with van der Waals surface area (Å²) in [4.78, 5) is 0.393. The third kappa shape index (κ3) is 3.82. The van der Waals surface area contributed by atoms with E-state index in [1.54, 1.807) is 7.11 Å². The van der Waals surface area contributed by atoms with Crippen molar-refractivity contribution in [2.45, 2.75) is 38.4 Å². The van der Waals surface area contributed by atoms with Crippen molar-refractivity contribution in [3.63, 3.8) is 0 Å². The second-order valence-electron chi connectivity index (χ2n) is 4.68. The number of hydrogen-bond donors (Lipinski definition) is 0. The molecule has 2 heteroatoms. The lowest BCUT2D eigenvalue weighted by atomic mass is 10.0. The lowest BCUT2D eigenvalue weighted by molar-refractivity contribution is 0.407. The molecule has 1 atom stereocenters. The summed E-state index contributed by atoms with van der Waals surface area (Å²) in [5.74, 6) is 1.73. The van der Waals surface area contributed by atoms with Crippen LogP contribution in [0.25, 0.3) is 0 Å². The molecular weight excluding hydrogens is 264 g/mol. The van der Waals surface area contributed by atoms with Gasteiger partial charge in [-0.2, -0.15) is 0 Å². The molecule has 0 aliphatic heterocycles. The lowest BCUT2D eigenvalue weighted by Gasteiger charge is -2.16. The van der Waals surface area contributed by atoms with Crippen molar-refractivity contribution in [2.24, 2.45) is 5.92 Å². The normalized spacial score (nSPS) is 12.9. The van der Waals surface area contributed by atoms with E-state index in [1.807, 2.05) is 6.07 Å². The van der Waals surface area contributed by atoms with Gasteiger partial charge in [-0.3, -0.25) is 0 Å². The molecule has 1 rings (SSSR count). The van der Waals surface area contributed by atoms with E-state index in [1.165, 1.54) is 17.5 Å². The van der Waals surface area contributed by atoms with E-state index in [0.29, 0.717) is 4.83 Å². The first-order valence-electron chi connectivity index (χ1n) is 5.83. The fourth-order valence-corrected chi connectivity index (χ4v) is 2.36. The zero-order valence-corrected chi connectivity index (χ0v) is 12.2. The number of ether oxygens (including phenoxy) is 1. The summed E-state index contributed by atoms with van der Waals surface area (Å²) in [5.41, 5.74) is 2.55. The van der Waals surface area contributed by atoms with Gasteiger partial charge < -0.3 is 4.74 Å². The monoisotopic (exact) mass is 284 g/mol. The summed E-state index contributed by atoms with van der Waals surface area (Å²) in [6.07, 6.45) is 2.38. The smallest absolute Gasteiger partial charge is 0.123 e. The van der Waals surface area contributed by atoms with Crippen LogP contribution in [0, 0.1) is 12.8 Å². The van der Waals surface area contributed by atoms with Gasteiger partial charge in [-0.1, -0.05) is 47.5 Å². The first-order valence-corrected chi connectivity index (χ1v) is 6.74. The van der Waals surface area contributed by atoms with Crippen molar-refractivity contribution < 1.29 is 4.74 Å². The zero-order valence-electron chi connectivity index (χ0n) is 10.6. The van der Waals surface area contributed by atoms with Crippen LogP contribution in [0.3, 0.4) is 0 Å². The Kier molecular flexibility index (Phi) is 5.33. The largest absolute Gasteiger partial charge is 0.496 e. The van der Waals surface area contributed by atoms with Crippen molar-refractivity contribution in [1.82, 2.24) is 0 Å². The maximum Gasteiger partial charge on any atom is 0.123 e. The molecule has 0 heterocycles. The van der Waals surface area contributed by atoms with Crippen LogP contribution in [0.2, 0.25) is 0 Å². The van der Waals surface area contributed by atoms with Crippen LogP contribution in [0.5, 0.6) is 5.75 Å². The molecule has 0 radical (unpaired) electrons. The zero-order chi connectivity index (χ0) is 12.1. The Bertz CT molecular complexity index is 334. The number of benzene rings is 1. The minimum absolute atomic E-state index is 0.393. The predicted octanol–water partition coefficient (Wildman–Crippen LogP) is 4.88. The number of hydrogen-bond acceptors (Lipinski definition) is 1. The third-order valence-electron chi connectivity index (χ3n) is 2.72. The second kappa shape index (κ2) is 6.29. The highest BCUT2D eigenvalue weighted by molar-refractivity contribution is 9.09. The summed E-state index contributed by atoms with van der Waals surface area (Å²) in [6.45, 7) is 6.63. The fourth-order valence-electron chi connectivity index (χ4n) is 1.73. The van der Waals surface area contributed by atoms with Gasteiger partial charge in [0, 0.05) is 10.4 Å². The van der Waals surface area contributed by atoms with E-state index in [2.05, 4.69) is 48.8 Å². The van der Waals surface area contributed by atoms with Crippen LogP contribution in [-0.4, -0.2) is 7.11 Å². The number of methoxy groups -OCH3 is 1. The van der Waals surface area contributed by atoms with Gasteiger partial charge in [-0.05, 0) is 31.7 Å². The fraction of sp³-hybridized carbons (Fsp3) is 0.571. The van der Waals surface area contributed by atoms with Gasteiger partial charge in [0.15, 0.2) is 0 Å². The number of aryl methyl sites for hydroxylation is 1. The number of alkyl halides is 1. The molecule has 0 aliphatic rings. The van der Waals surface area contributed by atoms with E-state index in [9.17, 15) is 0 Å². The Hall–Kier alpha value is -0.500. The Labute approximate surface area is 107 Å². The molecule has 16 heavy (non-hydrogen) atoms. The van der Waals surface area contributed by atoms with Gasteiger partial charge in [-0.15, -0.1) is 0 Å². The van der Waals surface area contributed by atoms with E-state index in [-0.39, 0.29) is 0 Å². The highest BCUT2D eigenvalue weighted by atomic mass is 79.9. The highest BCUT2D eigenvalue weighted by Gasteiger charge is 2.13. The van der Waals surface area contributed by atoms with Crippen molar-refractivity contribution in [1.29, 1.82) is 0 Å². The van der Waals surface area contributed by atoms with E-state index >= 15 is 0 Å². The molecule has 0 amide bonds. The summed E-state index contributed by atoms with van der Waals surface area (Å²) >= 11 is 3.76. The average Bonchev–Trinajstić information content (AvgIpc) is 2.25. The van der Waals surface area contributed by atoms with Crippen LogP contribution >= 0.6 is 15.9 Å². The van der Waals surface area contributed by atoms with Crippen LogP contribution in [-0.2, 0) is 0 Å². The molecule has 0 fully saturated rings. The van der Waals surface area contributed by atoms with Crippen LogP contribution < -0.4 is 4.74 Å². The molecule has 0 saturated heterocycles. The Balaban J connectivity index is 2.80. The van der Waals surface area contributed by atoms with Gasteiger partial charge in [0.25, 0.3) is 0 Å². The van der Waals surface area contributed by atoms with Crippen LogP contribution in [0.15, 0.2) is 18.2 Å². The van der Waals surface area contributed by atoms with Gasteiger partial charge in [0.2, 0.25) is 0 Å². The van der Waals surface area contributed by atoms with Crippen molar-refractivity contribution >= 4 is 15.9 Å². The molecule has 0 aliphatic carbocycles. The molecule has 1 nitrogen and oxygen atoms in total. The number of halogens is 1. The quantitative estimate of drug-likeness (QED) is 0.701. The minimum atomic E-state index is 0.393. The molecule has 0 aromatic heterocycles. The molecule has 0 spiro atoms. The Morgan fingerprint density at radius 2 is 1.94 bits per heavy atom. The maximum atomic E-state index is 5.40. The summed E-state index contributed by atoms with van der Waals surface area (Å²) in [5, 5.41) is 0. The number of rotatable bonds is 5. The van der Waals surface area contributed by atoms with E-state index in [4.69, 9.17) is 4.74 Å². The molecule has 0 bridgehead atoms. The van der Waals surface area contributed by atoms with Crippen LogP contribution in [0.4, 0.5) is 0 Å². The third-order valence-corrected chi connectivity index (χ3v) is 3.67. The molecule has 0 N–H and O–H groups in total. The Morgan fingerprint density at radius 3 is 2.50 bits per heavy atom. The SMILES string of the molecule is COc1ccc(C)cc1C(Br)CCC(C)C. The Morgan fingerprint density at radius 1 is 1.25 bits per heavy atom. The van der Waals surface area contributed by atoms with Crippen molar-refractivity contribution in [3.8, 4) is 5.75 Å². The molecule has 1 unspecified atom stereocenters. The molecule has 0 saturated carbocycles. The van der Waals surface area contributed by atoms with Gasteiger partial charge in [-0.25, -0.2) is 0 Å². The second-order valence-corrected chi connectivity index (χ2v) is 5.79. The van der Waals surface area contributed by atoms with E-state index in [0.717, 1.165) is 18.1 Å². The average molecular weight is 285 g/mol. The molecule has 1 aromatic carbocycles. The maximum absolute atomic E-state index is 5.40. The van der Waals surface area contributed by atoms with E-state index < -0.39 is 0 Å². The molecule has 1 aromatic rings. The first kappa shape index (κ1) is 13.6. The highest BCUT2D eigenvalue weighted by Crippen LogP contribution is 2.35. The summed E-state index contributed by atoms with van der Waals surface area (Å²) in [6, 6.07) is 6.34. The van der Waals surface area contributed by atoms with Gasteiger partial charge in [0.1, 0.15) is 5.75 Å². The first-order chi connectivity index (χ1) is 7.54. The van der Waals surface area contributed by atoms with Crippen LogP contribution in [0.1, 0.15) is 42.6 Å². The standard InChI is InChI=1S/C14H21BrO/c1-10(2)5-7-13(15)12-9-11(3)6-8-14(12)16-4/h6,8-10,13H,5,7H2,1-4H3. The van der Waals surface area contributed by atoms with Gasteiger partial charge >= 0.3 is 0 Å². The minimum Gasteiger partial charge on any atom is -0.496 e. The molecular formula is C14H21BrO. The van der Waals surface area contributed by atoms with Gasteiger partial charge in [0.05, 0.1) is 7.11 Å². The van der Waals surface area contributed by atoms with Crippen molar-refractivity contribution in [3.05, 3.63) is 29.3 Å². The predicted molar refractivity (Wildman–Crippen MR) is 73.5 cm³/mol. The molecule has 90 valence electrons. The van der Waals surface area contributed by atoms with Crippen molar-refractivity contribution in [2.75, 3.05) is 7.11 Å². The summed E-state index contributed by atoms with van der Waals surface area (Å²) in [7, 11) is 1.73. The summed E-state index contributed by atoms with van der Waals surface area (Å²) < 4.78 is 5.40.